The highest BCUT2D eigenvalue weighted by molar-refractivity contribution is 9.10. The molecule has 0 radical (unpaired) electrons. The van der Waals surface area contributed by atoms with Gasteiger partial charge in [0.25, 0.3) is 0 Å². The van der Waals surface area contributed by atoms with Gasteiger partial charge in [0, 0.05) is 16.1 Å². The van der Waals surface area contributed by atoms with Gasteiger partial charge in [-0.25, -0.2) is 0 Å². The second-order valence-corrected chi connectivity index (χ2v) is 5.91. The molecule has 0 aliphatic carbocycles. The van der Waals surface area contributed by atoms with E-state index < -0.39 is 11.9 Å². The van der Waals surface area contributed by atoms with E-state index in [4.69, 9.17) is 10.5 Å². The van der Waals surface area contributed by atoms with Crippen molar-refractivity contribution in [2.75, 3.05) is 7.11 Å². The summed E-state index contributed by atoms with van der Waals surface area (Å²) in [7, 11) is 1.56. The predicted octanol–water partition coefficient (Wildman–Crippen LogP) is 2.49. The molecule has 0 saturated heterocycles. The number of hydrogen-bond donors (Lipinski definition) is 2. The Balaban J connectivity index is 2.83. The molecule has 2 unspecified atom stereocenters. The van der Waals surface area contributed by atoms with Crippen molar-refractivity contribution in [2.45, 2.75) is 26.3 Å². The average molecular weight is 369 g/mol. The van der Waals surface area contributed by atoms with E-state index in [0.29, 0.717) is 5.75 Å². The maximum atomic E-state index is 12.0. The number of nitrogens with two attached hydrogens (primary N) is 1. The molecule has 0 fully saturated rings. The number of nitrogens with one attached hydrogen (secondary N) is 1. The Hall–Kier alpha value is -1.82. The van der Waals surface area contributed by atoms with Crippen LogP contribution in [0.1, 0.15) is 25.8 Å². The van der Waals surface area contributed by atoms with Crippen molar-refractivity contribution in [3.8, 4) is 5.75 Å². The first-order valence-electron chi connectivity index (χ1n) is 7.00. The lowest BCUT2D eigenvalue weighted by Crippen LogP contribution is -2.47. The third-order valence-electron chi connectivity index (χ3n) is 3.42. The number of methoxy groups -OCH3 is 1. The molecule has 0 aromatic heterocycles. The van der Waals surface area contributed by atoms with Crippen molar-refractivity contribution in [1.82, 2.24) is 5.32 Å². The van der Waals surface area contributed by atoms with Crippen LogP contribution in [0.25, 0.3) is 6.08 Å². The Kier molecular flexibility index (Phi) is 7.11. The second-order valence-electron chi connectivity index (χ2n) is 4.99. The number of hydrogen-bond acceptors (Lipinski definition) is 3. The summed E-state index contributed by atoms with van der Waals surface area (Å²) in [4.78, 5) is 23.4. The Bertz CT molecular complexity index is 573. The van der Waals surface area contributed by atoms with E-state index in [0.717, 1.165) is 16.5 Å². The van der Waals surface area contributed by atoms with Crippen molar-refractivity contribution in [3.05, 3.63) is 34.3 Å². The van der Waals surface area contributed by atoms with Crippen molar-refractivity contribution >= 4 is 33.8 Å². The van der Waals surface area contributed by atoms with Crippen LogP contribution in [0.2, 0.25) is 0 Å². The van der Waals surface area contributed by atoms with Crippen LogP contribution in [-0.4, -0.2) is 25.0 Å². The van der Waals surface area contributed by atoms with Crippen molar-refractivity contribution in [1.29, 1.82) is 0 Å². The predicted molar refractivity (Wildman–Crippen MR) is 90.3 cm³/mol. The molecule has 0 aliphatic heterocycles. The molecule has 0 saturated carbocycles. The topological polar surface area (TPSA) is 81.4 Å². The summed E-state index contributed by atoms with van der Waals surface area (Å²) in [6, 6.07) is 4.81. The average Bonchev–Trinajstić information content (AvgIpc) is 2.49. The second kappa shape index (κ2) is 8.58. The van der Waals surface area contributed by atoms with Crippen LogP contribution in [0.5, 0.6) is 5.75 Å². The molecule has 0 bridgehead atoms. The fourth-order valence-electron chi connectivity index (χ4n) is 1.93. The summed E-state index contributed by atoms with van der Waals surface area (Å²) < 4.78 is 6.11. The maximum absolute atomic E-state index is 12.0. The van der Waals surface area contributed by atoms with E-state index >= 15 is 0 Å². The largest absolute Gasteiger partial charge is 0.496 e. The van der Waals surface area contributed by atoms with Crippen LogP contribution in [0.15, 0.2) is 28.7 Å². The molecular formula is C16H21BrN2O3. The van der Waals surface area contributed by atoms with Crippen molar-refractivity contribution in [2.24, 2.45) is 11.7 Å². The van der Waals surface area contributed by atoms with Crippen molar-refractivity contribution < 1.29 is 14.3 Å². The van der Waals surface area contributed by atoms with Crippen LogP contribution in [0.3, 0.4) is 0 Å². The Morgan fingerprint density at radius 1 is 1.45 bits per heavy atom. The van der Waals surface area contributed by atoms with E-state index in [1.165, 1.54) is 6.08 Å². The molecule has 1 rings (SSSR count). The third kappa shape index (κ3) is 5.18. The number of amides is 2. The number of ether oxygens (including phenoxy) is 1. The van der Waals surface area contributed by atoms with E-state index in [9.17, 15) is 9.59 Å². The van der Waals surface area contributed by atoms with Crippen LogP contribution in [-0.2, 0) is 9.59 Å². The standard InChI is InChI=1S/C16H21BrN2O3/c1-4-10(2)15(16(18)21)19-14(20)8-5-11-9-12(17)6-7-13(11)22-3/h5-10,15H,4H2,1-3H3,(H2,18,21)(H,19,20). The van der Waals surface area contributed by atoms with Crippen LogP contribution in [0, 0.1) is 5.92 Å². The first-order chi connectivity index (χ1) is 10.4. The highest BCUT2D eigenvalue weighted by atomic mass is 79.9. The van der Waals surface area contributed by atoms with Gasteiger partial charge in [0.15, 0.2) is 0 Å². The quantitative estimate of drug-likeness (QED) is 0.725. The van der Waals surface area contributed by atoms with Crippen LogP contribution < -0.4 is 15.8 Å². The molecule has 6 heteroatoms. The monoisotopic (exact) mass is 368 g/mol. The molecule has 0 heterocycles. The third-order valence-corrected chi connectivity index (χ3v) is 3.92. The van der Waals surface area contributed by atoms with Gasteiger partial charge in [-0.2, -0.15) is 0 Å². The number of rotatable bonds is 7. The number of carbonyl (C=O) groups is 2. The van der Waals surface area contributed by atoms with Gasteiger partial charge in [-0.05, 0) is 30.2 Å². The van der Waals surface area contributed by atoms with Gasteiger partial charge < -0.3 is 15.8 Å². The van der Waals surface area contributed by atoms with E-state index in [2.05, 4.69) is 21.2 Å². The molecule has 1 aromatic carbocycles. The highest BCUT2D eigenvalue weighted by Gasteiger charge is 2.22. The summed E-state index contributed by atoms with van der Waals surface area (Å²) in [5.41, 5.74) is 6.09. The zero-order chi connectivity index (χ0) is 16.7. The van der Waals surface area contributed by atoms with Crippen molar-refractivity contribution in [3.63, 3.8) is 0 Å². The van der Waals surface area contributed by atoms with E-state index in [-0.39, 0.29) is 11.8 Å². The van der Waals surface area contributed by atoms with Gasteiger partial charge in [0.2, 0.25) is 11.8 Å². The fourth-order valence-corrected chi connectivity index (χ4v) is 2.31. The lowest BCUT2D eigenvalue weighted by atomic mass is 9.98. The molecule has 3 N–H and O–H groups in total. The Labute approximate surface area is 139 Å². The molecule has 2 atom stereocenters. The summed E-state index contributed by atoms with van der Waals surface area (Å²) >= 11 is 3.37. The lowest BCUT2D eigenvalue weighted by molar-refractivity contribution is -0.126. The minimum atomic E-state index is -0.674. The number of primary amides is 1. The Morgan fingerprint density at radius 3 is 2.68 bits per heavy atom. The van der Waals surface area contributed by atoms with Crippen LogP contribution >= 0.6 is 15.9 Å². The zero-order valence-corrected chi connectivity index (χ0v) is 14.5. The molecule has 0 spiro atoms. The molecule has 120 valence electrons. The van der Waals surface area contributed by atoms with Gasteiger partial charge >= 0.3 is 0 Å². The summed E-state index contributed by atoms with van der Waals surface area (Å²) in [5.74, 6) is -0.266. The smallest absolute Gasteiger partial charge is 0.244 e. The normalized spacial score (nSPS) is 13.6. The van der Waals surface area contributed by atoms with Gasteiger partial charge in [-0.1, -0.05) is 36.2 Å². The number of benzene rings is 1. The molecular weight excluding hydrogens is 348 g/mol. The molecule has 2 amide bonds. The minimum absolute atomic E-state index is 0.0183. The summed E-state index contributed by atoms with van der Waals surface area (Å²) in [6.45, 7) is 3.81. The fraction of sp³-hybridized carbons (Fsp3) is 0.375. The van der Waals surface area contributed by atoms with Gasteiger partial charge in [-0.15, -0.1) is 0 Å². The molecule has 0 aliphatic rings. The lowest BCUT2D eigenvalue weighted by Gasteiger charge is -2.20. The maximum Gasteiger partial charge on any atom is 0.244 e. The van der Waals surface area contributed by atoms with Gasteiger partial charge in [-0.3, -0.25) is 9.59 Å². The first-order valence-corrected chi connectivity index (χ1v) is 7.79. The molecule has 5 nitrogen and oxygen atoms in total. The highest BCUT2D eigenvalue weighted by Crippen LogP contribution is 2.24. The molecule has 22 heavy (non-hydrogen) atoms. The SMILES string of the molecule is CCC(C)C(NC(=O)C=Cc1cc(Br)ccc1OC)C(N)=O. The zero-order valence-electron chi connectivity index (χ0n) is 12.9. The number of carbonyl (C=O) groups excluding carboxylic acids is 2. The summed E-state index contributed by atoms with van der Waals surface area (Å²) in [5, 5.41) is 2.64. The number of halogens is 1. The van der Waals surface area contributed by atoms with Gasteiger partial charge in [0.05, 0.1) is 7.11 Å². The summed E-state index contributed by atoms with van der Waals surface area (Å²) in [6.07, 6.45) is 3.74. The Morgan fingerprint density at radius 2 is 2.14 bits per heavy atom. The van der Waals surface area contributed by atoms with E-state index in [1.807, 2.05) is 26.0 Å². The van der Waals surface area contributed by atoms with Crippen LogP contribution in [0.4, 0.5) is 0 Å². The first kappa shape index (κ1) is 18.2. The van der Waals surface area contributed by atoms with E-state index in [1.54, 1.807) is 19.3 Å². The minimum Gasteiger partial charge on any atom is -0.496 e. The van der Waals surface area contributed by atoms with Gasteiger partial charge in [0.1, 0.15) is 11.8 Å². The molecule has 1 aromatic rings.